The summed E-state index contributed by atoms with van der Waals surface area (Å²) in [5, 5.41) is 7.55. The number of nitrogens with one attached hydrogen (secondary N) is 1. The standard InChI is InChI=1S/C13H22N4O/c1-13(2,3)12-15-11(16-18-12)8-17-6-9-4-14-5-10(9)7-17/h9-10,14H,4-8H2,1-3H3/t9-,10+. The zero-order valence-electron chi connectivity index (χ0n) is 11.4. The fourth-order valence-corrected chi connectivity index (χ4v) is 2.90. The molecule has 0 bridgehead atoms. The van der Waals surface area contributed by atoms with E-state index in [1.165, 1.54) is 13.1 Å². The highest BCUT2D eigenvalue weighted by molar-refractivity contribution is 4.99. The summed E-state index contributed by atoms with van der Waals surface area (Å²) in [5.41, 5.74) is -0.0588. The van der Waals surface area contributed by atoms with Crippen molar-refractivity contribution in [1.82, 2.24) is 20.4 Å². The largest absolute Gasteiger partial charge is 0.339 e. The van der Waals surface area contributed by atoms with Crippen molar-refractivity contribution < 1.29 is 4.52 Å². The van der Waals surface area contributed by atoms with E-state index in [1.54, 1.807) is 0 Å². The lowest BCUT2D eigenvalue weighted by Crippen LogP contribution is -2.26. The summed E-state index contributed by atoms with van der Waals surface area (Å²) >= 11 is 0. The summed E-state index contributed by atoms with van der Waals surface area (Å²) < 4.78 is 5.33. The molecule has 0 radical (unpaired) electrons. The Balaban J connectivity index is 1.62. The Labute approximate surface area is 108 Å². The van der Waals surface area contributed by atoms with E-state index in [4.69, 9.17) is 4.52 Å². The number of nitrogens with zero attached hydrogens (tertiary/aromatic N) is 3. The molecule has 0 aromatic carbocycles. The van der Waals surface area contributed by atoms with Crippen molar-refractivity contribution in [2.24, 2.45) is 11.8 Å². The predicted molar refractivity (Wildman–Crippen MR) is 68.1 cm³/mol. The molecule has 0 spiro atoms. The van der Waals surface area contributed by atoms with Crippen LogP contribution in [0, 0.1) is 11.8 Å². The molecule has 0 saturated carbocycles. The molecule has 3 rings (SSSR count). The monoisotopic (exact) mass is 250 g/mol. The van der Waals surface area contributed by atoms with Gasteiger partial charge in [-0.2, -0.15) is 4.98 Å². The van der Waals surface area contributed by atoms with E-state index in [2.05, 4.69) is 41.1 Å². The van der Waals surface area contributed by atoms with E-state index in [0.29, 0.717) is 0 Å². The van der Waals surface area contributed by atoms with Crippen molar-refractivity contribution in [3.8, 4) is 0 Å². The third-order valence-electron chi connectivity index (χ3n) is 3.94. The summed E-state index contributed by atoms with van der Waals surface area (Å²) in [7, 11) is 0. The minimum Gasteiger partial charge on any atom is -0.339 e. The normalized spacial score (nSPS) is 28.8. The van der Waals surface area contributed by atoms with Gasteiger partial charge >= 0.3 is 0 Å². The van der Waals surface area contributed by atoms with Gasteiger partial charge in [-0.05, 0) is 24.9 Å². The molecule has 0 unspecified atom stereocenters. The number of aromatic nitrogens is 2. The van der Waals surface area contributed by atoms with E-state index in [-0.39, 0.29) is 5.41 Å². The number of hydrogen-bond acceptors (Lipinski definition) is 5. The smallest absolute Gasteiger partial charge is 0.232 e. The van der Waals surface area contributed by atoms with Gasteiger partial charge in [-0.1, -0.05) is 25.9 Å². The average Bonchev–Trinajstić information content (AvgIpc) is 2.90. The third kappa shape index (κ3) is 2.29. The minimum absolute atomic E-state index is 0.0588. The van der Waals surface area contributed by atoms with Gasteiger partial charge in [0.25, 0.3) is 0 Å². The van der Waals surface area contributed by atoms with E-state index < -0.39 is 0 Å². The Bertz CT molecular complexity index is 411. The van der Waals surface area contributed by atoms with Gasteiger partial charge in [0.1, 0.15) is 0 Å². The van der Waals surface area contributed by atoms with Gasteiger partial charge in [0.2, 0.25) is 5.89 Å². The molecule has 1 aromatic heterocycles. The van der Waals surface area contributed by atoms with Crippen LogP contribution in [-0.2, 0) is 12.0 Å². The molecule has 2 aliphatic heterocycles. The van der Waals surface area contributed by atoms with E-state index in [0.717, 1.165) is 43.2 Å². The average molecular weight is 250 g/mol. The maximum Gasteiger partial charge on any atom is 0.232 e. The first-order valence-corrected chi connectivity index (χ1v) is 6.78. The lowest BCUT2D eigenvalue weighted by atomic mass is 9.97. The van der Waals surface area contributed by atoms with Crippen molar-refractivity contribution in [1.29, 1.82) is 0 Å². The van der Waals surface area contributed by atoms with Crippen LogP contribution in [0.25, 0.3) is 0 Å². The van der Waals surface area contributed by atoms with Gasteiger partial charge < -0.3 is 9.84 Å². The van der Waals surface area contributed by atoms with E-state index in [9.17, 15) is 0 Å². The van der Waals surface area contributed by atoms with Crippen LogP contribution in [0.2, 0.25) is 0 Å². The molecule has 0 amide bonds. The van der Waals surface area contributed by atoms with Gasteiger partial charge in [-0.25, -0.2) is 0 Å². The third-order valence-corrected chi connectivity index (χ3v) is 3.94. The molecule has 3 heterocycles. The Morgan fingerprint density at radius 3 is 2.50 bits per heavy atom. The first-order valence-electron chi connectivity index (χ1n) is 6.78. The van der Waals surface area contributed by atoms with Crippen molar-refractivity contribution >= 4 is 0 Å². The fourth-order valence-electron chi connectivity index (χ4n) is 2.90. The molecule has 2 fully saturated rings. The second-order valence-corrected chi connectivity index (χ2v) is 6.64. The Hall–Kier alpha value is -0.940. The lowest BCUT2D eigenvalue weighted by Gasteiger charge is -2.14. The molecule has 5 nitrogen and oxygen atoms in total. The fraction of sp³-hybridized carbons (Fsp3) is 0.846. The van der Waals surface area contributed by atoms with Gasteiger partial charge in [0, 0.05) is 18.5 Å². The molecule has 100 valence electrons. The molecule has 1 aromatic rings. The van der Waals surface area contributed by atoms with Gasteiger partial charge in [-0.3, -0.25) is 4.90 Å². The zero-order valence-corrected chi connectivity index (χ0v) is 11.4. The minimum atomic E-state index is -0.0588. The summed E-state index contributed by atoms with van der Waals surface area (Å²) in [6, 6.07) is 0. The molecule has 2 aliphatic rings. The van der Waals surface area contributed by atoms with Crippen LogP contribution in [0.3, 0.4) is 0 Å². The molecule has 0 aliphatic carbocycles. The number of hydrogen-bond donors (Lipinski definition) is 1. The molecule has 2 atom stereocenters. The summed E-state index contributed by atoms with van der Waals surface area (Å²) in [4.78, 5) is 6.96. The van der Waals surface area contributed by atoms with Crippen LogP contribution in [0.1, 0.15) is 32.5 Å². The predicted octanol–water partition coefficient (Wildman–Crippen LogP) is 1.02. The lowest BCUT2D eigenvalue weighted by molar-refractivity contribution is 0.284. The van der Waals surface area contributed by atoms with E-state index in [1.807, 2.05) is 0 Å². The second kappa shape index (κ2) is 4.31. The molecular weight excluding hydrogens is 228 g/mol. The van der Waals surface area contributed by atoms with Crippen molar-refractivity contribution in [2.75, 3.05) is 26.2 Å². The van der Waals surface area contributed by atoms with E-state index >= 15 is 0 Å². The Kier molecular flexibility index (Phi) is 2.90. The summed E-state index contributed by atoms with van der Waals surface area (Å²) in [6.07, 6.45) is 0. The molecule has 1 N–H and O–H groups in total. The molecule has 2 saturated heterocycles. The number of fused-ring (bicyclic) bond motifs is 1. The SMILES string of the molecule is CC(C)(C)c1nc(CN2C[C@H]3CNC[C@H]3C2)no1. The van der Waals surface area contributed by atoms with Gasteiger partial charge in [0.15, 0.2) is 5.82 Å². The highest BCUT2D eigenvalue weighted by atomic mass is 16.5. The Morgan fingerprint density at radius 1 is 1.28 bits per heavy atom. The number of rotatable bonds is 2. The second-order valence-electron chi connectivity index (χ2n) is 6.64. The molecule has 5 heteroatoms. The van der Waals surface area contributed by atoms with Crippen molar-refractivity contribution in [3.05, 3.63) is 11.7 Å². The van der Waals surface area contributed by atoms with Gasteiger partial charge in [0.05, 0.1) is 6.54 Å². The highest BCUT2D eigenvalue weighted by Crippen LogP contribution is 2.27. The summed E-state index contributed by atoms with van der Waals surface area (Å²) in [6.45, 7) is 11.8. The first-order chi connectivity index (χ1) is 8.52. The van der Waals surface area contributed by atoms with Crippen molar-refractivity contribution in [2.45, 2.75) is 32.7 Å². The number of likely N-dealkylation sites (tertiary alicyclic amines) is 1. The molecular formula is C13H22N4O. The maximum absolute atomic E-state index is 5.33. The van der Waals surface area contributed by atoms with Gasteiger partial charge in [-0.15, -0.1) is 0 Å². The highest BCUT2D eigenvalue weighted by Gasteiger charge is 2.36. The Morgan fingerprint density at radius 2 is 1.94 bits per heavy atom. The van der Waals surface area contributed by atoms with Crippen molar-refractivity contribution in [3.63, 3.8) is 0 Å². The molecule has 18 heavy (non-hydrogen) atoms. The van der Waals surface area contributed by atoms with Crippen LogP contribution in [0.15, 0.2) is 4.52 Å². The van der Waals surface area contributed by atoms with Crippen LogP contribution in [-0.4, -0.2) is 41.2 Å². The topological polar surface area (TPSA) is 54.2 Å². The van der Waals surface area contributed by atoms with Crippen LogP contribution in [0.5, 0.6) is 0 Å². The van der Waals surface area contributed by atoms with Crippen LogP contribution in [0.4, 0.5) is 0 Å². The maximum atomic E-state index is 5.33. The van der Waals surface area contributed by atoms with Crippen LogP contribution < -0.4 is 5.32 Å². The first kappa shape index (κ1) is 12.1. The quantitative estimate of drug-likeness (QED) is 0.849. The zero-order chi connectivity index (χ0) is 12.8. The summed E-state index contributed by atoms with van der Waals surface area (Å²) in [5.74, 6) is 3.20. The van der Waals surface area contributed by atoms with Crippen LogP contribution >= 0.6 is 0 Å².